The van der Waals surface area contributed by atoms with E-state index in [1.165, 1.54) is 0 Å². The lowest BCUT2D eigenvalue weighted by atomic mass is 10.0. The van der Waals surface area contributed by atoms with Crippen LogP contribution < -0.4 is 10.1 Å². The predicted octanol–water partition coefficient (Wildman–Crippen LogP) is 1.83. The summed E-state index contributed by atoms with van der Waals surface area (Å²) in [5.74, 6) is 0.895. The summed E-state index contributed by atoms with van der Waals surface area (Å²) in [4.78, 5) is 0. The molecule has 0 heterocycles. The molecule has 0 spiro atoms. The largest absolute Gasteiger partial charge is 0.496 e. The molecule has 0 fully saturated rings. The van der Waals surface area contributed by atoms with E-state index in [1.807, 2.05) is 18.2 Å². The molecule has 4 nitrogen and oxygen atoms in total. The third kappa shape index (κ3) is 3.98. The van der Waals surface area contributed by atoms with Crippen LogP contribution in [0.5, 0.6) is 5.75 Å². The van der Waals surface area contributed by atoms with Crippen LogP contribution in [0.4, 0.5) is 0 Å². The van der Waals surface area contributed by atoms with Crippen molar-refractivity contribution < 1.29 is 14.2 Å². The Morgan fingerprint density at radius 3 is 2.33 bits per heavy atom. The van der Waals surface area contributed by atoms with E-state index in [4.69, 9.17) is 14.2 Å². The van der Waals surface area contributed by atoms with E-state index in [1.54, 1.807) is 21.3 Å². The molecule has 0 saturated carbocycles. The van der Waals surface area contributed by atoms with Crippen LogP contribution in [-0.2, 0) is 15.9 Å². The number of nitrogens with one attached hydrogen (secondary N) is 1. The highest BCUT2D eigenvalue weighted by molar-refractivity contribution is 5.33. The van der Waals surface area contributed by atoms with Gasteiger partial charge in [0.2, 0.25) is 0 Å². The molecule has 4 heteroatoms. The fourth-order valence-corrected chi connectivity index (χ4v) is 2.06. The maximum atomic E-state index is 5.36. The first-order valence-corrected chi connectivity index (χ1v) is 6.17. The summed E-state index contributed by atoms with van der Waals surface area (Å²) in [6.07, 6.45) is 0.527. The minimum Gasteiger partial charge on any atom is -0.496 e. The van der Waals surface area contributed by atoms with Crippen LogP contribution in [0.15, 0.2) is 24.3 Å². The van der Waals surface area contributed by atoms with Gasteiger partial charge in [-0.1, -0.05) is 25.1 Å². The summed E-state index contributed by atoms with van der Waals surface area (Å²) < 4.78 is 16.0. The minimum absolute atomic E-state index is 0.0984. The summed E-state index contributed by atoms with van der Waals surface area (Å²) >= 11 is 0. The van der Waals surface area contributed by atoms with Crippen LogP contribution >= 0.6 is 0 Å². The summed E-state index contributed by atoms with van der Waals surface area (Å²) in [5.41, 5.74) is 1.14. The topological polar surface area (TPSA) is 39.7 Å². The molecule has 0 saturated heterocycles. The molecule has 0 aliphatic heterocycles. The number of likely N-dealkylation sites (N-methyl/N-ethyl adjacent to an activating group) is 1. The second kappa shape index (κ2) is 8.08. The Balaban J connectivity index is 2.81. The highest BCUT2D eigenvalue weighted by Gasteiger charge is 2.21. The highest BCUT2D eigenvalue weighted by atomic mass is 16.7. The van der Waals surface area contributed by atoms with E-state index in [9.17, 15) is 0 Å². The molecule has 0 aromatic heterocycles. The zero-order valence-corrected chi connectivity index (χ0v) is 11.6. The molecule has 0 aliphatic carbocycles. The number of ether oxygens (including phenoxy) is 3. The zero-order valence-electron chi connectivity index (χ0n) is 11.6. The van der Waals surface area contributed by atoms with Crippen LogP contribution in [0.3, 0.4) is 0 Å². The van der Waals surface area contributed by atoms with Gasteiger partial charge in [-0.3, -0.25) is 0 Å². The summed E-state index contributed by atoms with van der Waals surface area (Å²) in [7, 11) is 4.99. The lowest BCUT2D eigenvalue weighted by molar-refractivity contribution is -0.122. The quantitative estimate of drug-likeness (QED) is 0.718. The molecule has 0 amide bonds. The number of methoxy groups -OCH3 is 3. The Morgan fingerprint density at radius 1 is 1.11 bits per heavy atom. The van der Waals surface area contributed by atoms with E-state index in [2.05, 4.69) is 18.3 Å². The van der Waals surface area contributed by atoms with E-state index in [-0.39, 0.29) is 12.3 Å². The van der Waals surface area contributed by atoms with Crippen LogP contribution in [0.25, 0.3) is 0 Å². The Labute approximate surface area is 109 Å². The molecular formula is C14H23NO3. The van der Waals surface area contributed by atoms with Gasteiger partial charge in [0.1, 0.15) is 5.75 Å². The number of benzene rings is 1. The van der Waals surface area contributed by atoms with Crippen LogP contribution in [0.2, 0.25) is 0 Å². The van der Waals surface area contributed by atoms with Gasteiger partial charge in [-0.2, -0.15) is 0 Å². The van der Waals surface area contributed by atoms with Gasteiger partial charge in [0.15, 0.2) is 6.29 Å². The minimum atomic E-state index is -0.269. The fourth-order valence-electron chi connectivity index (χ4n) is 2.06. The first-order chi connectivity index (χ1) is 8.76. The lowest BCUT2D eigenvalue weighted by Crippen LogP contribution is -2.43. The van der Waals surface area contributed by atoms with Crippen LogP contribution in [0.1, 0.15) is 12.5 Å². The van der Waals surface area contributed by atoms with Crippen molar-refractivity contribution in [2.75, 3.05) is 27.9 Å². The SMILES string of the molecule is CCNC(Cc1ccccc1OC)C(OC)OC. The normalized spacial score (nSPS) is 12.7. The Kier molecular flexibility index (Phi) is 6.72. The van der Waals surface area contributed by atoms with Crippen molar-refractivity contribution >= 4 is 0 Å². The molecule has 1 rings (SSSR count). The van der Waals surface area contributed by atoms with Gasteiger partial charge < -0.3 is 19.5 Å². The molecule has 0 bridgehead atoms. The molecule has 0 aliphatic rings. The number of hydrogen-bond donors (Lipinski definition) is 1. The molecule has 1 atom stereocenters. The molecule has 0 radical (unpaired) electrons. The maximum absolute atomic E-state index is 5.36. The second-order valence-corrected chi connectivity index (χ2v) is 4.02. The van der Waals surface area contributed by atoms with Crippen molar-refractivity contribution in [1.29, 1.82) is 0 Å². The van der Waals surface area contributed by atoms with Crippen molar-refractivity contribution in [2.45, 2.75) is 25.7 Å². The molecular weight excluding hydrogens is 230 g/mol. The maximum Gasteiger partial charge on any atom is 0.172 e. The monoisotopic (exact) mass is 253 g/mol. The van der Waals surface area contributed by atoms with E-state index in [0.29, 0.717) is 0 Å². The van der Waals surface area contributed by atoms with Crippen molar-refractivity contribution in [3.63, 3.8) is 0 Å². The van der Waals surface area contributed by atoms with Gasteiger partial charge in [-0.15, -0.1) is 0 Å². The van der Waals surface area contributed by atoms with Crippen molar-refractivity contribution in [1.82, 2.24) is 5.32 Å². The molecule has 18 heavy (non-hydrogen) atoms. The molecule has 1 N–H and O–H groups in total. The van der Waals surface area contributed by atoms with Gasteiger partial charge >= 0.3 is 0 Å². The van der Waals surface area contributed by atoms with Crippen LogP contribution in [-0.4, -0.2) is 40.2 Å². The smallest absolute Gasteiger partial charge is 0.172 e. The van der Waals surface area contributed by atoms with Gasteiger partial charge in [-0.05, 0) is 24.6 Å². The molecule has 1 aromatic carbocycles. The molecule has 102 valence electrons. The highest BCUT2D eigenvalue weighted by Crippen LogP contribution is 2.20. The average Bonchev–Trinajstić information content (AvgIpc) is 2.41. The van der Waals surface area contributed by atoms with Gasteiger partial charge in [0.05, 0.1) is 13.2 Å². The Bertz CT molecular complexity index is 340. The van der Waals surface area contributed by atoms with Gasteiger partial charge in [0.25, 0.3) is 0 Å². The summed E-state index contributed by atoms with van der Waals surface area (Å²) in [6.45, 7) is 2.93. The molecule has 1 aromatic rings. The van der Waals surface area contributed by atoms with Gasteiger partial charge in [0, 0.05) is 14.2 Å². The second-order valence-electron chi connectivity index (χ2n) is 4.02. The van der Waals surface area contributed by atoms with E-state index >= 15 is 0 Å². The van der Waals surface area contributed by atoms with Gasteiger partial charge in [-0.25, -0.2) is 0 Å². The summed E-state index contributed by atoms with van der Waals surface area (Å²) in [6, 6.07) is 8.10. The predicted molar refractivity (Wildman–Crippen MR) is 72.0 cm³/mol. The van der Waals surface area contributed by atoms with Crippen molar-refractivity contribution in [2.24, 2.45) is 0 Å². The van der Waals surface area contributed by atoms with E-state index in [0.717, 1.165) is 24.3 Å². The lowest BCUT2D eigenvalue weighted by Gasteiger charge is -2.26. The first kappa shape index (κ1) is 15.0. The standard InChI is InChI=1S/C14H23NO3/c1-5-15-12(14(17-3)18-4)10-11-8-6-7-9-13(11)16-2/h6-9,12,14-15H,5,10H2,1-4H3. The first-order valence-electron chi connectivity index (χ1n) is 6.17. The number of para-hydroxylation sites is 1. The average molecular weight is 253 g/mol. The summed E-state index contributed by atoms with van der Waals surface area (Å²) in [5, 5.41) is 3.38. The van der Waals surface area contributed by atoms with Crippen molar-refractivity contribution in [3.8, 4) is 5.75 Å². The number of rotatable bonds is 8. The van der Waals surface area contributed by atoms with Crippen molar-refractivity contribution in [3.05, 3.63) is 29.8 Å². The van der Waals surface area contributed by atoms with E-state index < -0.39 is 0 Å². The fraction of sp³-hybridized carbons (Fsp3) is 0.571. The third-order valence-corrected chi connectivity index (χ3v) is 2.89. The Hall–Kier alpha value is -1.10. The number of hydrogen-bond acceptors (Lipinski definition) is 4. The zero-order chi connectivity index (χ0) is 13.4. The molecule has 1 unspecified atom stereocenters. The third-order valence-electron chi connectivity index (χ3n) is 2.89. The Morgan fingerprint density at radius 2 is 1.78 bits per heavy atom. The van der Waals surface area contributed by atoms with Crippen LogP contribution in [0, 0.1) is 0 Å².